The highest BCUT2D eigenvalue weighted by atomic mass is 32.2. The predicted molar refractivity (Wildman–Crippen MR) is 85.9 cm³/mol. The van der Waals surface area contributed by atoms with Gasteiger partial charge in [0, 0.05) is 11.6 Å². The molecule has 1 N–H and O–H groups in total. The summed E-state index contributed by atoms with van der Waals surface area (Å²) in [7, 11) is -3.66. The SMILES string of the molecule is Cc1nn(-c2ccc(F)cc2)c2ncc(C(=O)NS(C)(=O)=O)cc12. The molecule has 1 amide bonds. The molecule has 0 aliphatic carbocycles. The van der Waals surface area contributed by atoms with Crippen LogP contribution >= 0.6 is 0 Å². The molecule has 0 aliphatic rings. The molecule has 0 saturated carbocycles. The van der Waals surface area contributed by atoms with E-state index in [1.54, 1.807) is 19.1 Å². The van der Waals surface area contributed by atoms with Crippen LogP contribution < -0.4 is 4.72 Å². The van der Waals surface area contributed by atoms with Crippen molar-refractivity contribution in [3.8, 4) is 5.69 Å². The zero-order valence-electron chi connectivity index (χ0n) is 12.8. The van der Waals surface area contributed by atoms with Gasteiger partial charge in [0.1, 0.15) is 5.82 Å². The van der Waals surface area contributed by atoms with E-state index < -0.39 is 15.9 Å². The molecule has 0 atom stereocenters. The minimum atomic E-state index is -3.66. The number of aryl methyl sites for hydroxylation is 1. The average molecular weight is 348 g/mol. The first-order valence-corrected chi connectivity index (χ1v) is 8.77. The number of aromatic nitrogens is 3. The van der Waals surface area contributed by atoms with E-state index in [9.17, 15) is 17.6 Å². The van der Waals surface area contributed by atoms with Crippen LogP contribution in [0.15, 0.2) is 36.5 Å². The van der Waals surface area contributed by atoms with E-state index in [0.717, 1.165) is 6.26 Å². The Balaban J connectivity index is 2.08. The maximum atomic E-state index is 13.1. The van der Waals surface area contributed by atoms with Gasteiger partial charge >= 0.3 is 0 Å². The fraction of sp³-hybridized carbons (Fsp3) is 0.133. The molecule has 24 heavy (non-hydrogen) atoms. The monoisotopic (exact) mass is 348 g/mol. The molecule has 2 heterocycles. The van der Waals surface area contributed by atoms with Crippen molar-refractivity contribution in [2.24, 2.45) is 0 Å². The molecule has 2 aromatic heterocycles. The van der Waals surface area contributed by atoms with Crippen molar-refractivity contribution in [2.75, 3.05) is 6.26 Å². The summed E-state index contributed by atoms with van der Waals surface area (Å²) in [6, 6.07) is 7.27. The van der Waals surface area contributed by atoms with Gasteiger partial charge in [-0.2, -0.15) is 5.10 Å². The van der Waals surface area contributed by atoms with Gasteiger partial charge in [-0.25, -0.2) is 27.2 Å². The third kappa shape index (κ3) is 3.11. The number of hydrogen-bond acceptors (Lipinski definition) is 5. The molecule has 0 spiro atoms. The highest BCUT2D eigenvalue weighted by Gasteiger charge is 2.16. The fourth-order valence-corrected chi connectivity index (χ4v) is 2.71. The normalized spacial score (nSPS) is 11.6. The Labute approximate surface area is 137 Å². The van der Waals surface area contributed by atoms with Crippen LogP contribution in [0, 0.1) is 12.7 Å². The summed E-state index contributed by atoms with van der Waals surface area (Å²) in [5, 5.41) is 4.94. The smallest absolute Gasteiger partial charge is 0.266 e. The predicted octanol–water partition coefficient (Wildman–Crippen LogP) is 1.56. The van der Waals surface area contributed by atoms with E-state index in [-0.39, 0.29) is 11.4 Å². The van der Waals surface area contributed by atoms with Crippen molar-refractivity contribution < 1.29 is 17.6 Å². The van der Waals surface area contributed by atoms with E-state index in [4.69, 9.17) is 0 Å². The van der Waals surface area contributed by atoms with E-state index in [1.807, 2.05) is 4.72 Å². The lowest BCUT2D eigenvalue weighted by atomic mass is 10.2. The number of sulfonamides is 1. The Bertz CT molecular complexity index is 1040. The Morgan fingerprint density at radius 2 is 1.92 bits per heavy atom. The molecule has 124 valence electrons. The molecule has 0 aliphatic heterocycles. The maximum absolute atomic E-state index is 13.1. The topological polar surface area (TPSA) is 93.9 Å². The van der Waals surface area contributed by atoms with E-state index >= 15 is 0 Å². The van der Waals surface area contributed by atoms with E-state index in [1.165, 1.54) is 29.1 Å². The summed E-state index contributed by atoms with van der Waals surface area (Å²) in [5.74, 6) is -1.12. The zero-order chi connectivity index (χ0) is 17.5. The first kappa shape index (κ1) is 16.1. The Kier molecular flexibility index (Phi) is 3.80. The van der Waals surface area contributed by atoms with Crippen LogP contribution in [0.3, 0.4) is 0 Å². The first-order chi connectivity index (χ1) is 11.2. The van der Waals surface area contributed by atoms with Gasteiger partial charge in [0.15, 0.2) is 5.65 Å². The highest BCUT2D eigenvalue weighted by molar-refractivity contribution is 7.89. The van der Waals surface area contributed by atoms with Gasteiger partial charge in [-0.3, -0.25) is 4.79 Å². The number of carbonyl (C=O) groups is 1. The van der Waals surface area contributed by atoms with Crippen LogP contribution in [0.1, 0.15) is 16.1 Å². The number of fused-ring (bicyclic) bond motifs is 1. The largest absolute Gasteiger partial charge is 0.268 e. The van der Waals surface area contributed by atoms with Gasteiger partial charge in [-0.15, -0.1) is 0 Å². The van der Waals surface area contributed by atoms with Crippen molar-refractivity contribution >= 4 is 27.0 Å². The van der Waals surface area contributed by atoms with E-state index in [0.29, 0.717) is 22.4 Å². The van der Waals surface area contributed by atoms with Crippen LogP contribution in [-0.4, -0.2) is 35.3 Å². The number of benzene rings is 1. The van der Waals surface area contributed by atoms with Gasteiger partial charge < -0.3 is 0 Å². The molecule has 0 fully saturated rings. The molecule has 9 heteroatoms. The van der Waals surface area contributed by atoms with Gasteiger partial charge in [0.2, 0.25) is 10.0 Å². The van der Waals surface area contributed by atoms with Crippen LogP contribution in [0.2, 0.25) is 0 Å². The van der Waals surface area contributed by atoms with Gasteiger partial charge in [0.05, 0.1) is 23.2 Å². The number of hydrogen-bond donors (Lipinski definition) is 1. The van der Waals surface area contributed by atoms with Crippen molar-refractivity contribution in [2.45, 2.75) is 6.92 Å². The van der Waals surface area contributed by atoms with Crippen molar-refractivity contribution in [3.05, 3.63) is 53.6 Å². The molecular weight excluding hydrogens is 335 g/mol. The summed E-state index contributed by atoms with van der Waals surface area (Å²) in [4.78, 5) is 16.1. The second-order valence-corrected chi connectivity index (χ2v) is 7.02. The summed E-state index contributed by atoms with van der Waals surface area (Å²) < 4.78 is 38.8. The van der Waals surface area contributed by atoms with Gasteiger partial charge in [-0.1, -0.05) is 0 Å². The number of nitrogens with zero attached hydrogens (tertiary/aromatic N) is 3. The standard InChI is InChI=1S/C15H13FN4O3S/c1-9-13-7-10(15(21)19-24(2,22)23)8-17-14(13)20(18-9)12-5-3-11(16)4-6-12/h3-8H,1-2H3,(H,19,21). The Hall–Kier alpha value is -2.81. The van der Waals surface area contributed by atoms with Crippen molar-refractivity contribution in [1.29, 1.82) is 0 Å². The molecule has 0 bridgehead atoms. The molecule has 3 rings (SSSR count). The molecule has 0 unspecified atom stereocenters. The lowest BCUT2D eigenvalue weighted by Crippen LogP contribution is -2.29. The maximum Gasteiger partial charge on any atom is 0.266 e. The Morgan fingerprint density at radius 3 is 2.54 bits per heavy atom. The average Bonchev–Trinajstić information content (AvgIpc) is 2.83. The summed E-state index contributed by atoms with van der Waals surface area (Å²) >= 11 is 0. The molecular formula is C15H13FN4O3S. The number of nitrogens with one attached hydrogen (secondary N) is 1. The number of carbonyl (C=O) groups excluding carboxylic acids is 1. The van der Waals surface area contributed by atoms with Gasteiger partial charge in [0.25, 0.3) is 5.91 Å². The summed E-state index contributed by atoms with van der Waals surface area (Å²) in [5.41, 5.74) is 1.82. The second kappa shape index (κ2) is 5.68. The fourth-order valence-electron chi connectivity index (χ4n) is 2.26. The third-order valence-electron chi connectivity index (χ3n) is 3.32. The van der Waals surface area contributed by atoms with Crippen LogP contribution in [-0.2, 0) is 10.0 Å². The van der Waals surface area contributed by atoms with Crippen molar-refractivity contribution in [3.63, 3.8) is 0 Å². The number of amides is 1. The van der Waals surface area contributed by atoms with Crippen molar-refractivity contribution in [1.82, 2.24) is 19.5 Å². The van der Waals surface area contributed by atoms with Crippen LogP contribution in [0.5, 0.6) is 0 Å². The highest BCUT2D eigenvalue weighted by Crippen LogP contribution is 2.21. The summed E-state index contributed by atoms with van der Waals surface area (Å²) in [6.45, 7) is 1.74. The molecule has 3 aromatic rings. The quantitative estimate of drug-likeness (QED) is 0.775. The van der Waals surface area contributed by atoms with Crippen LogP contribution in [0.25, 0.3) is 16.7 Å². The molecule has 0 radical (unpaired) electrons. The Morgan fingerprint density at radius 1 is 1.25 bits per heavy atom. The van der Waals surface area contributed by atoms with E-state index in [2.05, 4.69) is 10.1 Å². The number of rotatable bonds is 3. The lowest BCUT2D eigenvalue weighted by molar-refractivity contribution is 0.0981. The molecule has 7 nitrogen and oxygen atoms in total. The zero-order valence-corrected chi connectivity index (χ0v) is 13.6. The second-order valence-electron chi connectivity index (χ2n) is 5.27. The third-order valence-corrected chi connectivity index (χ3v) is 3.87. The minimum Gasteiger partial charge on any atom is -0.268 e. The van der Waals surface area contributed by atoms with Crippen LogP contribution in [0.4, 0.5) is 4.39 Å². The lowest BCUT2D eigenvalue weighted by Gasteiger charge is -2.04. The molecule has 1 aromatic carbocycles. The minimum absolute atomic E-state index is 0.106. The number of halogens is 1. The number of pyridine rings is 1. The van der Waals surface area contributed by atoms with Gasteiger partial charge in [-0.05, 0) is 37.3 Å². The summed E-state index contributed by atoms with van der Waals surface area (Å²) in [6.07, 6.45) is 2.17. The first-order valence-electron chi connectivity index (χ1n) is 6.88. The molecule has 0 saturated heterocycles.